The van der Waals surface area contributed by atoms with Crippen LogP contribution in [0.1, 0.15) is 20.4 Å². The summed E-state index contributed by atoms with van der Waals surface area (Å²) in [4.78, 5) is 17.5. The summed E-state index contributed by atoms with van der Waals surface area (Å²) in [5, 5.41) is 9.79. The van der Waals surface area contributed by atoms with E-state index in [2.05, 4.69) is 4.98 Å². The van der Waals surface area contributed by atoms with Gasteiger partial charge in [-0.25, -0.2) is 9.78 Å². The van der Waals surface area contributed by atoms with Crippen molar-refractivity contribution in [2.24, 2.45) is 0 Å². The molecule has 2 aromatic rings. The monoisotopic (exact) mass is 306 g/mol. The van der Waals surface area contributed by atoms with E-state index in [0.717, 1.165) is 16.4 Å². The zero-order valence-electron chi connectivity index (χ0n) is 12.3. The van der Waals surface area contributed by atoms with E-state index in [1.54, 1.807) is 6.92 Å². The maximum Gasteiger partial charge on any atom is 0.347 e. The van der Waals surface area contributed by atoms with Crippen LogP contribution in [0.3, 0.4) is 0 Å². The molecule has 0 fully saturated rings. The Morgan fingerprint density at radius 2 is 2.19 bits per heavy atom. The van der Waals surface area contributed by atoms with Crippen LogP contribution in [0.25, 0.3) is 0 Å². The first-order chi connectivity index (χ1) is 9.97. The van der Waals surface area contributed by atoms with Crippen LogP contribution in [-0.2, 0) is 6.42 Å². The van der Waals surface area contributed by atoms with Gasteiger partial charge in [-0.3, -0.25) is 0 Å². The summed E-state index contributed by atoms with van der Waals surface area (Å²) in [6, 6.07) is 7.83. The molecule has 2 rings (SSSR count). The van der Waals surface area contributed by atoms with E-state index in [4.69, 9.17) is 9.84 Å². The highest BCUT2D eigenvalue weighted by molar-refractivity contribution is 7.13. The fraction of sp³-hybridized carbons (Fsp3) is 0.333. The molecule has 6 heteroatoms. The highest BCUT2D eigenvalue weighted by Crippen LogP contribution is 2.21. The van der Waals surface area contributed by atoms with Crippen LogP contribution < -0.4 is 9.64 Å². The van der Waals surface area contributed by atoms with Gasteiger partial charge in [0, 0.05) is 32.3 Å². The first kappa shape index (κ1) is 15.3. The molecule has 1 aromatic heterocycles. The lowest BCUT2D eigenvalue weighted by atomic mass is 10.3. The molecule has 1 heterocycles. The first-order valence-electron chi connectivity index (χ1n) is 6.57. The van der Waals surface area contributed by atoms with Gasteiger partial charge in [-0.2, -0.15) is 0 Å². The van der Waals surface area contributed by atoms with Crippen LogP contribution >= 0.6 is 11.3 Å². The highest BCUT2D eigenvalue weighted by atomic mass is 32.1. The van der Waals surface area contributed by atoms with Gasteiger partial charge < -0.3 is 14.7 Å². The third-order valence-electron chi connectivity index (χ3n) is 2.95. The van der Waals surface area contributed by atoms with Crippen molar-refractivity contribution in [2.45, 2.75) is 13.3 Å². The van der Waals surface area contributed by atoms with E-state index >= 15 is 0 Å². The number of aromatic carboxylic acids is 1. The fourth-order valence-electron chi connectivity index (χ4n) is 1.87. The number of hydrogen-bond acceptors (Lipinski definition) is 5. The minimum atomic E-state index is -0.921. The maximum absolute atomic E-state index is 11.0. The Morgan fingerprint density at radius 3 is 2.81 bits per heavy atom. The van der Waals surface area contributed by atoms with Crippen LogP contribution in [0.5, 0.6) is 5.75 Å². The minimum absolute atomic E-state index is 0.305. The number of aromatic nitrogens is 1. The molecule has 0 amide bonds. The second kappa shape index (κ2) is 6.58. The summed E-state index contributed by atoms with van der Waals surface area (Å²) in [6.07, 6.45) is 0.602. The summed E-state index contributed by atoms with van der Waals surface area (Å²) in [5.41, 5.74) is 1.64. The number of aryl methyl sites for hydroxylation is 1. The average molecular weight is 306 g/mol. The van der Waals surface area contributed by atoms with E-state index in [0.29, 0.717) is 23.6 Å². The molecule has 0 saturated heterocycles. The molecule has 0 aliphatic carbocycles. The fourth-order valence-corrected chi connectivity index (χ4v) is 2.75. The van der Waals surface area contributed by atoms with E-state index in [9.17, 15) is 4.79 Å². The normalized spacial score (nSPS) is 10.4. The predicted molar refractivity (Wildman–Crippen MR) is 83.8 cm³/mol. The largest absolute Gasteiger partial charge is 0.493 e. The third-order valence-corrected chi connectivity index (χ3v) is 4.16. The summed E-state index contributed by atoms with van der Waals surface area (Å²) >= 11 is 1.21. The first-order valence-corrected chi connectivity index (χ1v) is 7.39. The lowest BCUT2D eigenvalue weighted by Crippen LogP contribution is -2.08. The van der Waals surface area contributed by atoms with E-state index in [-0.39, 0.29) is 0 Å². The minimum Gasteiger partial charge on any atom is -0.493 e. The van der Waals surface area contributed by atoms with Gasteiger partial charge >= 0.3 is 5.97 Å². The van der Waals surface area contributed by atoms with E-state index in [1.807, 2.05) is 43.3 Å². The van der Waals surface area contributed by atoms with Gasteiger partial charge in [0.05, 0.1) is 17.3 Å². The number of carbonyl (C=O) groups is 1. The Kier molecular flexibility index (Phi) is 4.80. The smallest absolute Gasteiger partial charge is 0.347 e. The molecular formula is C15H18N2O3S. The topological polar surface area (TPSA) is 62.7 Å². The number of anilines is 1. The van der Waals surface area contributed by atoms with Crippen molar-refractivity contribution in [2.75, 3.05) is 25.6 Å². The van der Waals surface area contributed by atoms with E-state index < -0.39 is 5.97 Å². The van der Waals surface area contributed by atoms with Crippen LogP contribution in [-0.4, -0.2) is 36.8 Å². The Balaban J connectivity index is 1.94. The van der Waals surface area contributed by atoms with Crippen molar-refractivity contribution in [3.05, 3.63) is 39.8 Å². The zero-order valence-corrected chi connectivity index (χ0v) is 13.1. The van der Waals surface area contributed by atoms with Crippen LogP contribution in [0.2, 0.25) is 0 Å². The van der Waals surface area contributed by atoms with Crippen molar-refractivity contribution in [1.29, 1.82) is 0 Å². The Hall–Kier alpha value is -2.08. The number of thiazole rings is 1. The van der Waals surface area contributed by atoms with Gasteiger partial charge in [0.2, 0.25) is 0 Å². The molecule has 21 heavy (non-hydrogen) atoms. The molecule has 0 spiro atoms. The van der Waals surface area contributed by atoms with Gasteiger partial charge in [0.25, 0.3) is 0 Å². The average Bonchev–Trinajstić information content (AvgIpc) is 2.80. The molecule has 0 aliphatic rings. The van der Waals surface area contributed by atoms with Crippen LogP contribution in [0.4, 0.5) is 5.69 Å². The Labute approximate surface area is 127 Å². The van der Waals surface area contributed by atoms with Gasteiger partial charge in [-0.1, -0.05) is 6.07 Å². The Bertz CT molecular complexity index is 638. The lowest BCUT2D eigenvalue weighted by Gasteiger charge is -2.13. The van der Waals surface area contributed by atoms with E-state index in [1.165, 1.54) is 11.3 Å². The molecule has 0 atom stereocenters. The molecule has 0 bridgehead atoms. The Morgan fingerprint density at radius 1 is 1.43 bits per heavy atom. The quantitative estimate of drug-likeness (QED) is 0.889. The zero-order chi connectivity index (χ0) is 15.4. The summed E-state index contributed by atoms with van der Waals surface area (Å²) in [7, 11) is 3.95. The number of nitrogens with zero attached hydrogens (tertiary/aromatic N) is 2. The number of hydrogen-bond donors (Lipinski definition) is 1. The van der Waals surface area contributed by atoms with Crippen molar-refractivity contribution >= 4 is 23.0 Å². The molecule has 0 aliphatic heterocycles. The molecule has 0 saturated carbocycles. The molecule has 112 valence electrons. The van der Waals surface area contributed by atoms with Gasteiger partial charge in [-0.05, 0) is 19.1 Å². The summed E-state index contributed by atoms with van der Waals surface area (Å²) in [6.45, 7) is 2.19. The number of rotatable bonds is 6. The molecule has 1 N–H and O–H groups in total. The van der Waals surface area contributed by atoms with Crippen molar-refractivity contribution in [3.63, 3.8) is 0 Å². The number of carboxylic acids is 1. The second-order valence-corrected chi connectivity index (χ2v) is 5.90. The number of carboxylic acid groups (broad SMARTS) is 1. The van der Waals surface area contributed by atoms with Crippen molar-refractivity contribution in [3.8, 4) is 5.75 Å². The summed E-state index contributed by atoms with van der Waals surface area (Å²) < 4.78 is 5.70. The second-order valence-electron chi connectivity index (χ2n) is 4.82. The molecular weight excluding hydrogens is 288 g/mol. The van der Waals surface area contributed by atoms with Crippen LogP contribution in [0.15, 0.2) is 24.3 Å². The molecule has 1 aromatic carbocycles. The van der Waals surface area contributed by atoms with Gasteiger partial charge in [0.15, 0.2) is 0 Å². The summed E-state index contributed by atoms with van der Waals surface area (Å²) in [5.74, 6) is -0.121. The lowest BCUT2D eigenvalue weighted by molar-refractivity contribution is 0.0701. The molecule has 5 nitrogen and oxygen atoms in total. The molecule has 0 radical (unpaired) electrons. The van der Waals surface area contributed by atoms with Crippen molar-refractivity contribution < 1.29 is 14.6 Å². The standard InChI is InChI=1S/C15H18N2O3S/c1-10-14(15(18)19)21-13(16-10)7-8-20-12-6-4-5-11(9-12)17(2)3/h4-6,9H,7-8H2,1-3H3,(H,18,19). The highest BCUT2D eigenvalue weighted by Gasteiger charge is 2.13. The van der Waals surface area contributed by atoms with Gasteiger partial charge in [-0.15, -0.1) is 11.3 Å². The maximum atomic E-state index is 11.0. The van der Waals surface area contributed by atoms with Gasteiger partial charge in [0.1, 0.15) is 10.6 Å². The SMILES string of the molecule is Cc1nc(CCOc2cccc(N(C)C)c2)sc1C(=O)O. The predicted octanol–water partition coefficient (Wildman–Crippen LogP) is 2.84. The number of benzene rings is 1. The molecule has 0 unspecified atom stereocenters. The third kappa shape index (κ3) is 3.95. The van der Waals surface area contributed by atoms with Crippen molar-refractivity contribution in [1.82, 2.24) is 4.98 Å². The number of ether oxygens (including phenoxy) is 1. The van der Waals surface area contributed by atoms with Crippen LogP contribution in [0, 0.1) is 6.92 Å².